The SMILES string of the molecule is CN1CCN(C2=Nc3ccccc3-n3cnnc3C2)CC1. The predicted octanol–water partition coefficient (Wildman–Crippen LogP) is 1.10. The van der Waals surface area contributed by atoms with E-state index in [4.69, 9.17) is 4.99 Å². The summed E-state index contributed by atoms with van der Waals surface area (Å²) in [5.74, 6) is 2.06. The Morgan fingerprint density at radius 3 is 2.71 bits per heavy atom. The molecule has 1 aromatic carbocycles. The first kappa shape index (κ1) is 12.5. The van der Waals surface area contributed by atoms with Gasteiger partial charge in [-0.05, 0) is 19.2 Å². The lowest BCUT2D eigenvalue weighted by Crippen LogP contribution is -2.47. The molecule has 1 saturated heterocycles. The van der Waals surface area contributed by atoms with Crippen LogP contribution in [0.25, 0.3) is 5.69 Å². The summed E-state index contributed by atoms with van der Waals surface area (Å²) in [5, 5.41) is 8.34. The summed E-state index contributed by atoms with van der Waals surface area (Å²) in [5.41, 5.74) is 2.05. The van der Waals surface area contributed by atoms with Crippen LogP contribution >= 0.6 is 0 Å². The van der Waals surface area contributed by atoms with Crippen LogP contribution < -0.4 is 0 Å². The van der Waals surface area contributed by atoms with Crippen LogP contribution in [0.3, 0.4) is 0 Å². The third-order valence-electron chi connectivity index (χ3n) is 4.19. The number of para-hydroxylation sites is 2. The molecule has 2 aliphatic rings. The third-order valence-corrected chi connectivity index (χ3v) is 4.19. The van der Waals surface area contributed by atoms with Crippen LogP contribution in [0.5, 0.6) is 0 Å². The van der Waals surface area contributed by atoms with Crippen LogP contribution in [0.15, 0.2) is 35.6 Å². The van der Waals surface area contributed by atoms with Gasteiger partial charge in [-0.1, -0.05) is 12.1 Å². The van der Waals surface area contributed by atoms with Crippen molar-refractivity contribution < 1.29 is 0 Å². The van der Waals surface area contributed by atoms with Crippen molar-refractivity contribution in [2.45, 2.75) is 6.42 Å². The van der Waals surface area contributed by atoms with E-state index >= 15 is 0 Å². The fourth-order valence-electron chi connectivity index (χ4n) is 2.91. The minimum Gasteiger partial charge on any atom is -0.357 e. The average molecular weight is 282 g/mol. The number of piperazine rings is 1. The molecule has 0 bridgehead atoms. The van der Waals surface area contributed by atoms with E-state index in [1.54, 1.807) is 6.33 Å². The van der Waals surface area contributed by atoms with Crippen molar-refractivity contribution >= 4 is 11.5 Å². The third kappa shape index (κ3) is 2.21. The highest BCUT2D eigenvalue weighted by Gasteiger charge is 2.23. The van der Waals surface area contributed by atoms with Crippen molar-refractivity contribution in [1.29, 1.82) is 0 Å². The summed E-state index contributed by atoms with van der Waals surface area (Å²) in [6.07, 6.45) is 2.51. The van der Waals surface area contributed by atoms with Gasteiger partial charge in [0.15, 0.2) is 0 Å². The van der Waals surface area contributed by atoms with Gasteiger partial charge in [-0.2, -0.15) is 0 Å². The van der Waals surface area contributed by atoms with Crippen molar-refractivity contribution in [3.05, 3.63) is 36.4 Å². The largest absolute Gasteiger partial charge is 0.357 e. The standard InChI is InChI=1S/C15H18N6/c1-19-6-8-20(9-7-19)14-10-15-18-16-11-21(15)13-5-3-2-4-12(13)17-14/h2-5,11H,6-10H2,1H3. The number of nitrogens with zero attached hydrogens (tertiary/aromatic N) is 6. The Bertz CT molecular complexity index is 681. The normalized spacial score (nSPS) is 18.7. The molecule has 0 spiro atoms. The maximum atomic E-state index is 4.91. The van der Waals surface area contributed by atoms with Crippen LogP contribution in [0.4, 0.5) is 5.69 Å². The Labute approximate surface area is 123 Å². The molecule has 0 N–H and O–H groups in total. The monoisotopic (exact) mass is 282 g/mol. The van der Waals surface area contributed by atoms with Crippen LogP contribution in [0.1, 0.15) is 5.82 Å². The zero-order chi connectivity index (χ0) is 14.2. The van der Waals surface area contributed by atoms with Crippen LogP contribution in [-0.2, 0) is 6.42 Å². The minimum atomic E-state index is 0.735. The van der Waals surface area contributed by atoms with Crippen molar-refractivity contribution in [3.63, 3.8) is 0 Å². The number of hydrogen-bond donors (Lipinski definition) is 0. The fourth-order valence-corrected chi connectivity index (χ4v) is 2.91. The Morgan fingerprint density at radius 1 is 1.05 bits per heavy atom. The van der Waals surface area contributed by atoms with Crippen LogP contribution in [0, 0.1) is 0 Å². The Balaban J connectivity index is 1.75. The smallest absolute Gasteiger partial charge is 0.145 e. The average Bonchev–Trinajstić information content (AvgIpc) is 2.90. The van der Waals surface area contributed by atoms with Gasteiger partial charge in [-0.25, -0.2) is 4.99 Å². The second-order valence-electron chi connectivity index (χ2n) is 5.60. The van der Waals surface area contributed by atoms with E-state index in [-0.39, 0.29) is 0 Å². The lowest BCUT2D eigenvalue weighted by atomic mass is 10.2. The second kappa shape index (κ2) is 4.96. The first-order valence-electron chi connectivity index (χ1n) is 7.30. The van der Waals surface area contributed by atoms with Crippen LogP contribution in [0.2, 0.25) is 0 Å². The number of hydrogen-bond acceptors (Lipinski definition) is 5. The molecule has 1 fully saturated rings. The molecule has 0 amide bonds. The number of aliphatic imine (C=N–C) groups is 1. The van der Waals surface area contributed by atoms with Gasteiger partial charge in [0, 0.05) is 26.2 Å². The minimum absolute atomic E-state index is 0.735. The number of amidine groups is 1. The molecule has 1 aromatic heterocycles. The molecular formula is C15H18N6. The van der Waals surface area contributed by atoms with Crippen molar-refractivity contribution in [2.24, 2.45) is 4.99 Å². The zero-order valence-corrected chi connectivity index (χ0v) is 12.1. The van der Waals surface area contributed by atoms with E-state index < -0.39 is 0 Å². The summed E-state index contributed by atoms with van der Waals surface area (Å²) in [6.45, 7) is 4.19. The highest BCUT2D eigenvalue weighted by Crippen LogP contribution is 2.27. The summed E-state index contributed by atoms with van der Waals surface area (Å²) in [4.78, 5) is 9.64. The first-order valence-corrected chi connectivity index (χ1v) is 7.30. The second-order valence-corrected chi connectivity index (χ2v) is 5.60. The molecule has 108 valence electrons. The van der Waals surface area contributed by atoms with Crippen LogP contribution in [-0.4, -0.2) is 63.6 Å². The number of aromatic nitrogens is 3. The van der Waals surface area contributed by atoms with Gasteiger partial charge in [0.25, 0.3) is 0 Å². The van der Waals surface area contributed by atoms with Gasteiger partial charge in [0.1, 0.15) is 18.0 Å². The molecule has 4 rings (SSSR count). The van der Waals surface area contributed by atoms with Gasteiger partial charge in [0.05, 0.1) is 17.8 Å². The maximum Gasteiger partial charge on any atom is 0.145 e. The highest BCUT2D eigenvalue weighted by atomic mass is 15.3. The van der Waals surface area contributed by atoms with Crippen molar-refractivity contribution in [3.8, 4) is 5.69 Å². The molecule has 21 heavy (non-hydrogen) atoms. The summed E-state index contributed by atoms with van der Waals surface area (Å²) >= 11 is 0. The zero-order valence-electron chi connectivity index (χ0n) is 12.1. The van der Waals surface area contributed by atoms with Crippen molar-refractivity contribution in [1.82, 2.24) is 24.6 Å². The Hall–Kier alpha value is -2.21. The molecular weight excluding hydrogens is 264 g/mol. The molecule has 0 saturated carbocycles. The van der Waals surface area contributed by atoms with Gasteiger partial charge >= 0.3 is 0 Å². The van der Waals surface area contributed by atoms with E-state index in [9.17, 15) is 0 Å². The summed E-state index contributed by atoms with van der Waals surface area (Å²) in [6, 6.07) is 8.18. The fraction of sp³-hybridized carbons (Fsp3) is 0.400. The van der Waals surface area contributed by atoms with Gasteiger partial charge in [-0.3, -0.25) is 4.57 Å². The lowest BCUT2D eigenvalue weighted by molar-refractivity contribution is 0.213. The highest BCUT2D eigenvalue weighted by molar-refractivity contribution is 5.88. The van der Waals surface area contributed by atoms with E-state index in [0.29, 0.717) is 0 Å². The molecule has 2 aromatic rings. The van der Waals surface area contributed by atoms with Gasteiger partial charge in [-0.15, -0.1) is 10.2 Å². The van der Waals surface area contributed by atoms with Gasteiger partial charge < -0.3 is 9.80 Å². The summed E-state index contributed by atoms with van der Waals surface area (Å²) < 4.78 is 2.04. The number of likely N-dealkylation sites (N-methyl/N-ethyl adjacent to an activating group) is 1. The predicted molar refractivity (Wildman–Crippen MR) is 81.2 cm³/mol. The molecule has 0 aliphatic carbocycles. The Morgan fingerprint density at radius 2 is 1.86 bits per heavy atom. The Kier molecular flexibility index (Phi) is 2.96. The lowest BCUT2D eigenvalue weighted by Gasteiger charge is -2.34. The number of fused-ring (bicyclic) bond motifs is 3. The van der Waals surface area contributed by atoms with E-state index in [2.05, 4.69) is 39.2 Å². The first-order chi connectivity index (χ1) is 10.3. The number of benzene rings is 1. The van der Waals surface area contributed by atoms with E-state index in [1.807, 2.05) is 16.7 Å². The summed E-state index contributed by atoms with van der Waals surface area (Å²) in [7, 11) is 2.16. The molecule has 6 heteroatoms. The molecule has 6 nitrogen and oxygen atoms in total. The number of rotatable bonds is 0. The van der Waals surface area contributed by atoms with E-state index in [1.165, 1.54) is 0 Å². The molecule has 0 unspecified atom stereocenters. The maximum absolute atomic E-state index is 4.91. The topological polar surface area (TPSA) is 49.5 Å². The molecule has 0 radical (unpaired) electrons. The molecule has 0 atom stereocenters. The molecule has 2 aliphatic heterocycles. The molecule has 3 heterocycles. The quantitative estimate of drug-likeness (QED) is 0.726. The van der Waals surface area contributed by atoms with E-state index in [0.717, 1.165) is 55.6 Å². The van der Waals surface area contributed by atoms with Gasteiger partial charge in [0.2, 0.25) is 0 Å². The van der Waals surface area contributed by atoms with Crippen molar-refractivity contribution in [2.75, 3.05) is 33.2 Å².